The highest BCUT2D eigenvalue weighted by Crippen LogP contribution is 2.28. The fraction of sp³-hybridized carbons (Fsp3) is 0.438. The van der Waals surface area contributed by atoms with Gasteiger partial charge in [0.2, 0.25) is 0 Å². The van der Waals surface area contributed by atoms with Crippen LogP contribution in [0.2, 0.25) is 0 Å². The first-order valence-corrected chi connectivity index (χ1v) is 7.18. The van der Waals surface area contributed by atoms with Gasteiger partial charge in [-0.3, -0.25) is 4.90 Å². The summed E-state index contributed by atoms with van der Waals surface area (Å²) in [6.07, 6.45) is 4.44. The summed E-state index contributed by atoms with van der Waals surface area (Å²) in [5.74, 6) is 1.12. The maximum absolute atomic E-state index is 9.64. The number of hydrogen-bond donors (Lipinski definition) is 2. The molecule has 1 aromatic heterocycles. The summed E-state index contributed by atoms with van der Waals surface area (Å²) in [4.78, 5) is 6.83. The number of phenolic OH excluding ortho intramolecular Hbond substituents is 1. The van der Waals surface area contributed by atoms with Crippen molar-refractivity contribution in [3.05, 3.63) is 30.5 Å². The number of hydrogen-bond acceptors (Lipinski definition) is 4. The standard InChI is InChI=1S/C16H21N3O/c1-11(19(2)13-4-5-13)10-18-16-15-9-14(20)6-3-12(15)7-8-17-16/h3,6-9,11,13,20H,4-5,10H2,1-2H3,(H,17,18). The number of benzene rings is 1. The SMILES string of the molecule is CC(CNc1nccc2ccc(O)cc12)N(C)C1CC1. The Hall–Kier alpha value is -1.81. The van der Waals surface area contributed by atoms with E-state index in [0.29, 0.717) is 6.04 Å². The number of phenols is 1. The molecule has 106 valence electrons. The topological polar surface area (TPSA) is 48.4 Å². The predicted molar refractivity (Wildman–Crippen MR) is 82.1 cm³/mol. The van der Waals surface area contributed by atoms with Crippen LogP contribution < -0.4 is 5.32 Å². The van der Waals surface area contributed by atoms with E-state index in [1.807, 2.05) is 12.1 Å². The van der Waals surface area contributed by atoms with Crippen LogP contribution in [0.1, 0.15) is 19.8 Å². The molecular formula is C16H21N3O. The quantitative estimate of drug-likeness (QED) is 0.878. The zero-order valence-electron chi connectivity index (χ0n) is 12.0. The van der Waals surface area contributed by atoms with Gasteiger partial charge in [-0.15, -0.1) is 0 Å². The molecule has 4 heteroatoms. The minimum absolute atomic E-state index is 0.275. The van der Waals surface area contributed by atoms with Crippen LogP contribution in [0.5, 0.6) is 5.75 Å². The Labute approximate surface area is 119 Å². The van der Waals surface area contributed by atoms with Crippen LogP contribution in [0.25, 0.3) is 10.8 Å². The summed E-state index contributed by atoms with van der Waals surface area (Å²) in [5.41, 5.74) is 0. The highest BCUT2D eigenvalue weighted by molar-refractivity contribution is 5.92. The Balaban J connectivity index is 1.75. The lowest BCUT2D eigenvalue weighted by Gasteiger charge is -2.25. The average molecular weight is 271 g/mol. The smallest absolute Gasteiger partial charge is 0.134 e. The third kappa shape index (κ3) is 2.70. The fourth-order valence-electron chi connectivity index (χ4n) is 2.53. The Morgan fingerprint density at radius 2 is 2.20 bits per heavy atom. The molecule has 2 aromatic rings. The Kier molecular flexibility index (Phi) is 3.49. The number of rotatable bonds is 5. The minimum atomic E-state index is 0.275. The lowest BCUT2D eigenvalue weighted by molar-refractivity contribution is 0.257. The second kappa shape index (κ2) is 5.29. The van der Waals surface area contributed by atoms with Gasteiger partial charge in [-0.05, 0) is 50.4 Å². The van der Waals surface area contributed by atoms with Crippen LogP contribution >= 0.6 is 0 Å². The normalized spacial score (nSPS) is 16.6. The summed E-state index contributed by atoms with van der Waals surface area (Å²) in [7, 11) is 2.19. The molecule has 1 aliphatic rings. The summed E-state index contributed by atoms with van der Waals surface area (Å²) in [5, 5.41) is 15.1. The van der Waals surface area contributed by atoms with E-state index in [1.54, 1.807) is 18.3 Å². The van der Waals surface area contributed by atoms with Crippen molar-refractivity contribution in [2.45, 2.75) is 31.8 Å². The second-order valence-corrected chi connectivity index (χ2v) is 5.69. The fourth-order valence-corrected chi connectivity index (χ4v) is 2.53. The molecule has 0 saturated heterocycles. The Morgan fingerprint density at radius 1 is 1.40 bits per heavy atom. The maximum Gasteiger partial charge on any atom is 0.134 e. The predicted octanol–water partition coefficient (Wildman–Crippen LogP) is 2.84. The number of likely N-dealkylation sites (N-methyl/N-ethyl adjacent to an activating group) is 1. The van der Waals surface area contributed by atoms with Gasteiger partial charge in [0.15, 0.2) is 0 Å². The van der Waals surface area contributed by atoms with Crippen molar-refractivity contribution in [1.82, 2.24) is 9.88 Å². The van der Waals surface area contributed by atoms with Gasteiger partial charge in [0.05, 0.1) is 0 Å². The molecule has 1 fully saturated rings. The minimum Gasteiger partial charge on any atom is -0.508 e. The van der Waals surface area contributed by atoms with Crippen molar-refractivity contribution in [3.63, 3.8) is 0 Å². The van der Waals surface area contributed by atoms with Crippen LogP contribution in [0.3, 0.4) is 0 Å². The highest BCUT2D eigenvalue weighted by Gasteiger charge is 2.28. The molecule has 1 aromatic carbocycles. The largest absolute Gasteiger partial charge is 0.508 e. The number of pyridine rings is 1. The second-order valence-electron chi connectivity index (χ2n) is 5.69. The van der Waals surface area contributed by atoms with Crippen molar-refractivity contribution in [3.8, 4) is 5.75 Å². The number of aromatic hydroxyl groups is 1. The number of anilines is 1. The van der Waals surface area contributed by atoms with Crippen LogP contribution in [0, 0.1) is 0 Å². The first-order valence-electron chi connectivity index (χ1n) is 7.18. The molecule has 1 heterocycles. The van der Waals surface area contributed by atoms with Gasteiger partial charge in [-0.1, -0.05) is 6.07 Å². The average Bonchev–Trinajstić information content (AvgIpc) is 3.28. The molecule has 1 aliphatic carbocycles. The third-order valence-electron chi connectivity index (χ3n) is 4.13. The number of aromatic nitrogens is 1. The monoisotopic (exact) mass is 271 g/mol. The van der Waals surface area contributed by atoms with Gasteiger partial charge >= 0.3 is 0 Å². The molecule has 1 atom stereocenters. The Bertz CT molecular complexity index is 610. The van der Waals surface area contributed by atoms with Crippen LogP contribution in [-0.2, 0) is 0 Å². The van der Waals surface area contributed by atoms with E-state index in [-0.39, 0.29) is 5.75 Å². The van der Waals surface area contributed by atoms with Crippen molar-refractivity contribution >= 4 is 16.6 Å². The molecule has 1 saturated carbocycles. The van der Waals surface area contributed by atoms with Gasteiger partial charge in [-0.25, -0.2) is 4.98 Å². The van der Waals surface area contributed by atoms with Crippen molar-refractivity contribution < 1.29 is 5.11 Å². The van der Waals surface area contributed by atoms with E-state index in [2.05, 4.69) is 29.2 Å². The van der Waals surface area contributed by atoms with E-state index in [1.165, 1.54) is 12.8 Å². The van der Waals surface area contributed by atoms with Crippen molar-refractivity contribution in [2.75, 3.05) is 18.9 Å². The van der Waals surface area contributed by atoms with Crippen molar-refractivity contribution in [2.24, 2.45) is 0 Å². The van der Waals surface area contributed by atoms with Crippen molar-refractivity contribution in [1.29, 1.82) is 0 Å². The molecule has 0 radical (unpaired) electrons. The number of fused-ring (bicyclic) bond motifs is 1. The Morgan fingerprint density at radius 3 is 2.95 bits per heavy atom. The van der Waals surface area contributed by atoms with Gasteiger partial charge in [0.25, 0.3) is 0 Å². The zero-order valence-corrected chi connectivity index (χ0v) is 12.0. The first-order chi connectivity index (χ1) is 9.65. The summed E-state index contributed by atoms with van der Waals surface area (Å²) >= 11 is 0. The molecule has 2 N–H and O–H groups in total. The molecule has 4 nitrogen and oxygen atoms in total. The number of nitrogens with one attached hydrogen (secondary N) is 1. The van der Waals surface area contributed by atoms with Gasteiger partial charge in [-0.2, -0.15) is 0 Å². The van der Waals surface area contributed by atoms with Crippen LogP contribution in [0.4, 0.5) is 5.82 Å². The lowest BCUT2D eigenvalue weighted by Crippen LogP contribution is -2.36. The zero-order chi connectivity index (χ0) is 14.1. The van der Waals surface area contributed by atoms with E-state index >= 15 is 0 Å². The molecule has 3 rings (SSSR count). The van der Waals surface area contributed by atoms with Gasteiger partial charge < -0.3 is 10.4 Å². The number of nitrogens with zero attached hydrogens (tertiary/aromatic N) is 2. The molecular weight excluding hydrogens is 250 g/mol. The summed E-state index contributed by atoms with van der Waals surface area (Å²) in [6, 6.07) is 8.57. The van der Waals surface area contributed by atoms with E-state index in [0.717, 1.165) is 29.2 Å². The highest BCUT2D eigenvalue weighted by atomic mass is 16.3. The molecule has 1 unspecified atom stereocenters. The summed E-state index contributed by atoms with van der Waals surface area (Å²) in [6.45, 7) is 3.09. The van der Waals surface area contributed by atoms with E-state index in [9.17, 15) is 5.11 Å². The lowest BCUT2D eigenvalue weighted by atomic mass is 10.1. The molecule has 20 heavy (non-hydrogen) atoms. The van der Waals surface area contributed by atoms with Gasteiger partial charge in [0, 0.05) is 30.2 Å². The molecule has 0 bridgehead atoms. The maximum atomic E-state index is 9.64. The summed E-state index contributed by atoms with van der Waals surface area (Å²) < 4.78 is 0. The van der Waals surface area contributed by atoms with E-state index < -0.39 is 0 Å². The van der Waals surface area contributed by atoms with Crippen LogP contribution in [-0.4, -0.2) is 40.7 Å². The first kappa shape index (κ1) is 13.2. The van der Waals surface area contributed by atoms with Gasteiger partial charge in [0.1, 0.15) is 11.6 Å². The van der Waals surface area contributed by atoms with E-state index in [4.69, 9.17) is 0 Å². The molecule has 0 aliphatic heterocycles. The molecule has 0 amide bonds. The third-order valence-corrected chi connectivity index (χ3v) is 4.13. The van der Waals surface area contributed by atoms with Crippen LogP contribution in [0.15, 0.2) is 30.5 Å². The molecule has 0 spiro atoms.